The van der Waals surface area contributed by atoms with E-state index in [9.17, 15) is 4.79 Å². The van der Waals surface area contributed by atoms with Crippen LogP contribution in [0.1, 0.15) is 25.2 Å². The third-order valence-corrected chi connectivity index (χ3v) is 2.71. The van der Waals surface area contributed by atoms with Crippen molar-refractivity contribution in [1.82, 2.24) is 4.98 Å². The fraction of sp³-hybridized carbons (Fsp3) is 0.385. The van der Waals surface area contributed by atoms with Crippen molar-refractivity contribution >= 4 is 11.7 Å². The van der Waals surface area contributed by atoms with Crippen LogP contribution in [-0.2, 0) is 4.74 Å². The summed E-state index contributed by atoms with van der Waals surface area (Å²) in [4.78, 5) is 15.0. The minimum Gasteiger partial charge on any atom is -0.495 e. The molecule has 0 unspecified atom stereocenters. The highest BCUT2D eigenvalue weighted by Gasteiger charge is 2.07. The summed E-state index contributed by atoms with van der Waals surface area (Å²) in [5.41, 5.74) is 8.44. The van der Waals surface area contributed by atoms with Crippen molar-refractivity contribution in [2.45, 2.75) is 20.8 Å². The zero-order valence-electron chi connectivity index (χ0n) is 11.1. The fourth-order valence-corrected chi connectivity index (χ4v) is 1.48. The van der Waals surface area contributed by atoms with Gasteiger partial charge in [0.2, 0.25) is 0 Å². The predicted octanol–water partition coefficient (Wildman–Crippen LogP) is 2.29. The van der Waals surface area contributed by atoms with Crippen LogP contribution in [0.5, 0.6) is 5.75 Å². The molecule has 0 aliphatic heterocycles. The van der Waals surface area contributed by atoms with Gasteiger partial charge in [-0.05, 0) is 44.1 Å². The molecule has 0 aromatic carbocycles. The number of hydrogen-bond donors (Lipinski definition) is 1. The molecular weight excluding hydrogens is 232 g/mol. The number of ether oxygens (including phenoxy) is 2. The maximum absolute atomic E-state index is 10.5. The summed E-state index contributed by atoms with van der Waals surface area (Å²) in [6, 6.07) is 3.73. The van der Waals surface area contributed by atoms with E-state index < -0.39 is 6.09 Å². The lowest BCUT2D eigenvalue weighted by Crippen LogP contribution is -2.14. The summed E-state index contributed by atoms with van der Waals surface area (Å²) in [6.07, 6.45) is -0.777. The van der Waals surface area contributed by atoms with Crippen molar-refractivity contribution in [2.75, 3.05) is 13.7 Å². The number of nitrogens with zero attached hydrogens (tertiary/aromatic N) is 1. The molecule has 1 amide bonds. The molecule has 2 N–H and O–H groups in total. The van der Waals surface area contributed by atoms with Crippen LogP contribution >= 0.6 is 0 Å². The molecule has 98 valence electrons. The van der Waals surface area contributed by atoms with E-state index in [0.29, 0.717) is 0 Å². The summed E-state index contributed by atoms with van der Waals surface area (Å²) in [7, 11) is 1.61. The summed E-state index contributed by atoms with van der Waals surface area (Å²) in [6.45, 7) is 5.85. The molecule has 0 saturated carbocycles. The second kappa shape index (κ2) is 6.05. The number of pyridine rings is 1. The maximum atomic E-state index is 10.5. The summed E-state index contributed by atoms with van der Waals surface area (Å²) in [5, 5.41) is 0. The average Bonchev–Trinajstić information content (AvgIpc) is 2.34. The standard InChI is InChI=1S/C13H18N2O3/c1-8(7-18-13(14)16)9(2)11-5-6-12(17-4)10(3)15-11/h5-6H,7H2,1-4H3,(H2,14,16)/b9-8-. The zero-order valence-corrected chi connectivity index (χ0v) is 11.1. The Hall–Kier alpha value is -2.04. The van der Waals surface area contributed by atoms with E-state index in [1.807, 2.05) is 32.9 Å². The van der Waals surface area contributed by atoms with Crippen LogP contribution in [-0.4, -0.2) is 24.8 Å². The Morgan fingerprint density at radius 3 is 2.56 bits per heavy atom. The number of carbonyl (C=O) groups excluding carboxylic acids is 1. The van der Waals surface area contributed by atoms with Gasteiger partial charge in [0.05, 0.1) is 18.5 Å². The summed E-state index contributed by atoms with van der Waals surface area (Å²) in [5.74, 6) is 0.748. The van der Waals surface area contributed by atoms with Gasteiger partial charge in [-0.25, -0.2) is 9.78 Å². The number of amides is 1. The molecule has 5 nitrogen and oxygen atoms in total. The molecule has 0 saturated heterocycles. The van der Waals surface area contributed by atoms with Gasteiger partial charge in [-0.15, -0.1) is 0 Å². The molecule has 0 atom stereocenters. The number of methoxy groups -OCH3 is 1. The van der Waals surface area contributed by atoms with Gasteiger partial charge in [-0.3, -0.25) is 0 Å². The molecule has 1 rings (SSSR count). The lowest BCUT2D eigenvalue weighted by atomic mass is 10.1. The van der Waals surface area contributed by atoms with Gasteiger partial charge in [-0.1, -0.05) is 0 Å². The van der Waals surface area contributed by atoms with Gasteiger partial charge in [0.25, 0.3) is 0 Å². The minimum atomic E-state index is -0.777. The molecule has 1 aromatic rings. The van der Waals surface area contributed by atoms with Crippen LogP contribution in [0, 0.1) is 6.92 Å². The predicted molar refractivity (Wildman–Crippen MR) is 69.3 cm³/mol. The molecule has 0 aliphatic carbocycles. The van der Waals surface area contributed by atoms with Crippen LogP contribution in [0.15, 0.2) is 17.7 Å². The normalized spacial score (nSPS) is 11.8. The Balaban J connectivity index is 2.95. The quantitative estimate of drug-likeness (QED) is 0.889. The highest BCUT2D eigenvalue weighted by molar-refractivity contribution is 5.67. The number of aryl methyl sites for hydroxylation is 1. The van der Waals surface area contributed by atoms with E-state index >= 15 is 0 Å². The van der Waals surface area contributed by atoms with Crippen molar-refractivity contribution in [2.24, 2.45) is 5.73 Å². The monoisotopic (exact) mass is 250 g/mol. The molecule has 0 spiro atoms. The molecule has 1 heterocycles. The first-order chi connectivity index (χ1) is 8.45. The van der Waals surface area contributed by atoms with Crippen LogP contribution in [0.2, 0.25) is 0 Å². The largest absolute Gasteiger partial charge is 0.495 e. The lowest BCUT2D eigenvalue weighted by Gasteiger charge is -2.10. The first kappa shape index (κ1) is 14.0. The zero-order chi connectivity index (χ0) is 13.7. The van der Waals surface area contributed by atoms with Gasteiger partial charge in [0.15, 0.2) is 0 Å². The number of carbonyl (C=O) groups is 1. The second-order valence-corrected chi connectivity index (χ2v) is 4.00. The van der Waals surface area contributed by atoms with E-state index in [-0.39, 0.29) is 6.61 Å². The topological polar surface area (TPSA) is 74.4 Å². The highest BCUT2D eigenvalue weighted by Crippen LogP contribution is 2.21. The van der Waals surface area contributed by atoms with E-state index in [1.54, 1.807) is 7.11 Å². The van der Waals surface area contributed by atoms with Gasteiger partial charge in [0, 0.05) is 0 Å². The van der Waals surface area contributed by atoms with Crippen LogP contribution < -0.4 is 10.5 Å². The fourth-order valence-electron chi connectivity index (χ4n) is 1.48. The third kappa shape index (κ3) is 3.48. The first-order valence-electron chi connectivity index (χ1n) is 5.56. The first-order valence-corrected chi connectivity index (χ1v) is 5.56. The van der Waals surface area contributed by atoms with Crippen molar-refractivity contribution in [3.8, 4) is 5.75 Å². The molecular formula is C13H18N2O3. The molecule has 5 heteroatoms. The summed E-state index contributed by atoms with van der Waals surface area (Å²) >= 11 is 0. The highest BCUT2D eigenvalue weighted by atomic mass is 16.5. The molecule has 0 aliphatic rings. The second-order valence-electron chi connectivity index (χ2n) is 4.00. The van der Waals surface area contributed by atoms with Gasteiger partial charge < -0.3 is 15.2 Å². The molecule has 0 bridgehead atoms. The smallest absolute Gasteiger partial charge is 0.404 e. The van der Waals surface area contributed by atoms with E-state index in [2.05, 4.69) is 4.98 Å². The lowest BCUT2D eigenvalue weighted by molar-refractivity contribution is 0.166. The Bertz CT molecular complexity index is 481. The molecule has 0 radical (unpaired) electrons. The number of allylic oxidation sites excluding steroid dienone is 1. The van der Waals surface area contributed by atoms with E-state index in [4.69, 9.17) is 15.2 Å². The number of nitrogens with two attached hydrogens (primary N) is 1. The van der Waals surface area contributed by atoms with E-state index in [0.717, 1.165) is 28.3 Å². The van der Waals surface area contributed by atoms with Gasteiger partial charge >= 0.3 is 6.09 Å². The van der Waals surface area contributed by atoms with Crippen molar-refractivity contribution in [1.29, 1.82) is 0 Å². The third-order valence-electron chi connectivity index (χ3n) is 2.71. The van der Waals surface area contributed by atoms with Crippen molar-refractivity contribution < 1.29 is 14.3 Å². The summed E-state index contributed by atoms with van der Waals surface area (Å²) < 4.78 is 9.90. The number of primary amides is 1. The van der Waals surface area contributed by atoms with E-state index in [1.165, 1.54) is 0 Å². The Morgan fingerprint density at radius 1 is 1.39 bits per heavy atom. The number of rotatable bonds is 4. The van der Waals surface area contributed by atoms with Crippen LogP contribution in [0.4, 0.5) is 4.79 Å². The Morgan fingerprint density at radius 2 is 2.06 bits per heavy atom. The van der Waals surface area contributed by atoms with Crippen molar-refractivity contribution in [3.05, 3.63) is 29.1 Å². The Labute approximate surface area is 107 Å². The Kier molecular flexibility index (Phi) is 4.71. The molecule has 18 heavy (non-hydrogen) atoms. The average molecular weight is 250 g/mol. The maximum Gasteiger partial charge on any atom is 0.404 e. The number of hydrogen-bond acceptors (Lipinski definition) is 4. The van der Waals surface area contributed by atoms with Gasteiger partial charge in [-0.2, -0.15) is 0 Å². The van der Waals surface area contributed by atoms with Crippen molar-refractivity contribution in [3.63, 3.8) is 0 Å². The molecule has 1 aromatic heterocycles. The number of aromatic nitrogens is 1. The SMILES string of the molecule is COc1ccc(/C(C)=C(/C)COC(N)=O)nc1C. The van der Waals surface area contributed by atoms with Gasteiger partial charge in [0.1, 0.15) is 12.4 Å². The molecule has 0 fully saturated rings. The minimum absolute atomic E-state index is 0.175. The van der Waals surface area contributed by atoms with Crippen LogP contribution in [0.3, 0.4) is 0 Å². The van der Waals surface area contributed by atoms with Crippen LogP contribution in [0.25, 0.3) is 5.57 Å².